The van der Waals surface area contributed by atoms with E-state index in [1.54, 1.807) is 28.4 Å². The molecule has 2 rings (SSSR count). The number of hydrogen-bond donors (Lipinski definition) is 0. The average molecular weight is 360 g/mol. The summed E-state index contributed by atoms with van der Waals surface area (Å²) < 4.78 is 21.2. The molecule has 0 bridgehead atoms. The van der Waals surface area contributed by atoms with Gasteiger partial charge in [-0.1, -0.05) is 26.0 Å². The monoisotopic (exact) mass is 360 g/mol. The summed E-state index contributed by atoms with van der Waals surface area (Å²) in [6.07, 6.45) is 4.27. The van der Waals surface area contributed by atoms with Gasteiger partial charge < -0.3 is 18.9 Å². The molecule has 0 unspecified atom stereocenters. The molecular formula is C22H32O4. The minimum atomic E-state index is 0.770. The summed E-state index contributed by atoms with van der Waals surface area (Å²) in [6, 6.07) is 12.2. The number of unbranched alkanes of at least 4 members (excludes halogenated alkanes) is 1. The molecule has 0 atom stereocenters. The molecule has 0 saturated carbocycles. The van der Waals surface area contributed by atoms with Crippen molar-refractivity contribution in [1.82, 2.24) is 0 Å². The van der Waals surface area contributed by atoms with Crippen LogP contribution < -0.4 is 18.9 Å². The third kappa shape index (κ3) is 6.17. The van der Waals surface area contributed by atoms with Gasteiger partial charge in [0, 0.05) is 0 Å². The molecule has 4 nitrogen and oxygen atoms in total. The van der Waals surface area contributed by atoms with Gasteiger partial charge in [-0.2, -0.15) is 0 Å². The Balaban J connectivity index is 0.00000163. The molecular weight excluding hydrogens is 328 g/mol. The molecule has 0 aliphatic rings. The number of aryl methyl sites for hydroxylation is 2. The fourth-order valence-electron chi connectivity index (χ4n) is 2.73. The predicted octanol–water partition coefficient (Wildman–Crippen LogP) is 5.31. The largest absolute Gasteiger partial charge is 0.493 e. The lowest BCUT2D eigenvalue weighted by Gasteiger charge is -2.10. The first-order chi connectivity index (χ1) is 12.7. The zero-order valence-electron chi connectivity index (χ0n) is 16.9. The van der Waals surface area contributed by atoms with Crippen LogP contribution in [0.1, 0.15) is 37.8 Å². The first-order valence-corrected chi connectivity index (χ1v) is 9.13. The third-order valence-electron chi connectivity index (χ3n) is 4.08. The molecule has 0 aliphatic heterocycles. The SMILES string of the molecule is CC.COc1ccc(CCCCc2ccc(OC)c(OC)c2)cc1OC. The van der Waals surface area contributed by atoms with E-state index in [0.717, 1.165) is 48.7 Å². The third-order valence-corrected chi connectivity index (χ3v) is 4.08. The molecule has 2 aromatic carbocycles. The highest BCUT2D eigenvalue weighted by Crippen LogP contribution is 2.29. The zero-order chi connectivity index (χ0) is 19.4. The lowest BCUT2D eigenvalue weighted by Crippen LogP contribution is -1.95. The van der Waals surface area contributed by atoms with Crippen LogP contribution >= 0.6 is 0 Å². The first-order valence-electron chi connectivity index (χ1n) is 9.13. The van der Waals surface area contributed by atoms with Crippen molar-refractivity contribution >= 4 is 0 Å². The van der Waals surface area contributed by atoms with Gasteiger partial charge in [-0.05, 0) is 61.1 Å². The zero-order valence-corrected chi connectivity index (χ0v) is 16.9. The van der Waals surface area contributed by atoms with E-state index in [4.69, 9.17) is 18.9 Å². The molecule has 0 radical (unpaired) electrons. The van der Waals surface area contributed by atoms with Crippen molar-refractivity contribution in [2.75, 3.05) is 28.4 Å². The number of benzene rings is 2. The van der Waals surface area contributed by atoms with Crippen LogP contribution in [0.5, 0.6) is 23.0 Å². The fourth-order valence-corrected chi connectivity index (χ4v) is 2.73. The van der Waals surface area contributed by atoms with E-state index in [1.807, 2.05) is 26.0 Å². The molecule has 144 valence electrons. The minimum Gasteiger partial charge on any atom is -0.493 e. The summed E-state index contributed by atoms with van der Waals surface area (Å²) in [5.74, 6) is 3.11. The van der Waals surface area contributed by atoms with Crippen LogP contribution in [0.2, 0.25) is 0 Å². The van der Waals surface area contributed by atoms with E-state index in [0.29, 0.717) is 0 Å². The highest BCUT2D eigenvalue weighted by Gasteiger charge is 2.06. The predicted molar refractivity (Wildman–Crippen MR) is 107 cm³/mol. The second kappa shape index (κ2) is 12.1. The molecule has 0 N–H and O–H groups in total. The standard InChI is InChI=1S/C20H26O4.C2H6/c1-21-17-11-9-15(13-19(17)23-3)7-5-6-8-16-10-12-18(22-2)20(14-16)24-4;1-2/h9-14H,5-8H2,1-4H3;1-2H3. The van der Waals surface area contributed by atoms with Crippen LogP contribution in [0.3, 0.4) is 0 Å². The minimum absolute atomic E-state index is 0.770. The van der Waals surface area contributed by atoms with Crippen molar-refractivity contribution in [2.45, 2.75) is 39.5 Å². The molecule has 4 heteroatoms. The summed E-state index contributed by atoms with van der Waals surface area (Å²) >= 11 is 0. The highest BCUT2D eigenvalue weighted by molar-refractivity contribution is 5.43. The van der Waals surface area contributed by atoms with Crippen molar-refractivity contribution in [3.8, 4) is 23.0 Å². The summed E-state index contributed by atoms with van der Waals surface area (Å²) in [5.41, 5.74) is 2.53. The molecule has 0 heterocycles. The Morgan fingerprint density at radius 3 is 1.19 bits per heavy atom. The lowest BCUT2D eigenvalue weighted by atomic mass is 10.0. The first kappa shape index (κ1) is 21.7. The number of ether oxygens (including phenoxy) is 4. The van der Waals surface area contributed by atoms with Gasteiger partial charge >= 0.3 is 0 Å². The molecule has 0 aromatic heterocycles. The van der Waals surface area contributed by atoms with Gasteiger partial charge in [0.15, 0.2) is 23.0 Å². The van der Waals surface area contributed by atoms with Gasteiger partial charge in [0.2, 0.25) is 0 Å². The van der Waals surface area contributed by atoms with Gasteiger partial charge in [-0.25, -0.2) is 0 Å². The van der Waals surface area contributed by atoms with E-state index in [1.165, 1.54) is 11.1 Å². The molecule has 0 saturated heterocycles. The average Bonchev–Trinajstić information content (AvgIpc) is 2.72. The second-order valence-electron chi connectivity index (χ2n) is 5.59. The Morgan fingerprint density at radius 2 is 0.885 bits per heavy atom. The normalized spacial score (nSPS) is 9.77. The van der Waals surface area contributed by atoms with E-state index < -0.39 is 0 Å². The van der Waals surface area contributed by atoms with Crippen LogP contribution in [0.4, 0.5) is 0 Å². The maximum atomic E-state index is 5.35. The smallest absolute Gasteiger partial charge is 0.160 e. The Hall–Kier alpha value is -2.36. The summed E-state index contributed by atoms with van der Waals surface area (Å²) in [7, 11) is 6.64. The van der Waals surface area contributed by atoms with E-state index in [9.17, 15) is 0 Å². The summed E-state index contributed by atoms with van der Waals surface area (Å²) in [6.45, 7) is 4.00. The van der Waals surface area contributed by atoms with E-state index in [-0.39, 0.29) is 0 Å². The molecule has 0 aliphatic carbocycles. The molecule has 26 heavy (non-hydrogen) atoms. The van der Waals surface area contributed by atoms with Crippen LogP contribution in [0.25, 0.3) is 0 Å². The number of methoxy groups -OCH3 is 4. The van der Waals surface area contributed by atoms with Crippen molar-refractivity contribution in [2.24, 2.45) is 0 Å². The quantitative estimate of drug-likeness (QED) is 0.568. The number of rotatable bonds is 9. The van der Waals surface area contributed by atoms with Crippen molar-refractivity contribution in [3.63, 3.8) is 0 Å². The summed E-state index contributed by atoms with van der Waals surface area (Å²) in [5, 5.41) is 0. The second-order valence-corrected chi connectivity index (χ2v) is 5.59. The van der Waals surface area contributed by atoms with Crippen LogP contribution in [0, 0.1) is 0 Å². The maximum Gasteiger partial charge on any atom is 0.160 e. The molecule has 2 aromatic rings. The molecule has 0 fully saturated rings. The van der Waals surface area contributed by atoms with Crippen molar-refractivity contribution in [1.29, 1.82) is 0 Å². The lowest BCUT2D eigenvalue weighted by molar-refractivity contribution is 0.354. The van der Waals surface area contributed by atoms with Crippen LogP contribution in [-0.2, 0) is 12.8 Å². The van der Waals surface area contributed by atoms with Crippen LogP contribution in [-0.4, -0.2) is 28.4 Å². The maximum absolute atomic E-state index is 5.35. The highest BCUT2D eigenvalue weighted by atomic mass is 16.5. The Bertz CT molecular complexity index is 595. The van der Waals surface area contributed by atoms with E-state index >= 15 is 0 Å². The van der Waals surface area contributed by atoms with Crippen molar-refractivity contribution < 1.29 is 18.9 Å². The Morgan fingerprint density at radius 1 is 0.538 bits per heavy atom. The topological polar surface area (TPSA) is 36.9 Å². The van der Waals surface area contributed by atoms with Gasteiger partial charge in [0.1, 0.15) is 0 Å². The molecule has 0 amide bonds. The number of hydrogen-bond acceptors (Lipinski definition) is 4. The van der Waals surface area contributed by atoms with Gasteiger partial charge in [0.05, 0.1) is 28.4 Å². The Labute approximate surface area is 158 Å². The Kier molecular flexibility index (Phi) is 10.1. The molecule has 0 spiro atoms. The van der Waals surface area contributed by atoms with E-state index in [2.05, 4.69) is 24.3 Å². The van der Waals surface area contributed by atoms with Gasteiger partial charge in [0.25, 0.3) is 0 Å². The van der Waals surface area contributed by atoms with Gasteiger partial charge in [-0.3, -0.25) is 0 Å². The summed E-state index contributed by atoms with van der Waals surface area (Å²) in [4.78, 5) is 0. The van der Waals surface area contributed by atoms with Crippen molar-refractivity contribution in [3.05, 3.63) is 47.5 Å². The fraction of sp³-hybridized carbons (Fsp3) is 0.455. The van der Waals surface area contributed by atoms with Gasteiger partial charge in [-0.15, -0.1) is 0 Å². The van der Waals surface area contributed by atoms with Crippen LogP contribution in [0.15, 0.2) is 36.4 Å².